The topological polar surface area (TPSA) is 63.2 Å². The molecule has 0 atom stereocenters. The molecule has 7 heteroatoms. The second-order valence-corrected chi connectivity index (χ2v) is 5.99. The normalized spacial score (nSPS) is 14.1. The molecule has 1 aliphatic heterocycles. The molecular weight excluding hydrogens is 298 g/mol. The first-order chi connectivity index (χ1) is 9.50. The molecule has 3 rings (SSSR count). The molecule has 102 valence electrons. The second kappa shape index (κ2) is 4.64. The summed E-state index contributed by atoms with van der Waals surface area (Å²) in [6.45, 7) is 3.86. The minimum Gasteiger partial charge on any atom is -0.298 e. The first-order valence-electron chi connectivity index (χ1n) is 5.94. The molecule has 5 nitrogen and oxygen atoms in total. The van der Waals surface area contributed by atoms with Crippen LogP contribution >= 0.6 is 23.1 Å². The van der Waals surface area contributed by atoms with Crippen LogP contribution < -0.4 is 4.90 Å². The molecule has 1 aromatic carbocycles. The maximum atomic E-state index is 12.2. The average molecular weight is 308 g/mol. The molecule has 0 aliphatic carbocycles. The molecular formula is C13H10ClN3O2S. The molecule has 0 fully saturated rings. The van der Waals surface area contributed by atoms with Gasteiger partial charge in [-0.2, -0.15) is 0 Å². The number of rotatable bonds is 2. The summed E-state index contributed by atoms with van der Waals surface area (Å²) in [5.74, 6) is -1.01. The van der Waals surface area contributed by atoms with Crippen molar-refractivity contribution in [1.29, 1.82) is 0 Å². The maximum Gasteiger partial charge on any atom is 0.299 e. The van der Waals surface area contributed by atoms with Gasteiger partial charge in [0.05, 0.1) is 17.8 Å². The molecule has 2 aromatic rings. The number of aromatic nitrogens is 2. The Balaban J connectivity index is 2.11. The minimum atomic E-state index is -0.540. The van der Waals surface area contributed by atoms with E-state index in [0.29, 0.717) is 21.3 Å². The largest absolute Gasteiger partial charge is 0.299 e. The van der Waals surface area contributed by atoms with Gasteiger partial charge in [-0.25, -0.2) is 0 Å². The van der Waals surface area contributed by atoms with Gasteiger partial charge in [0.1, 0.15) is 10.0 Å². The summed E-state index contributed by atoms with van der Waals surface area (Å²) in [6, 6.07) is 3.74. The number of amides is 1. The fourth-order valence-electron chi connectivity index (χ4n) is 2.35. The predicted octanol–water partition coefficient (Wildman–Crippen LogP) is 2.54. The number of anilines is 1. The van der Waals surface area contributed by atoms with Crippen molar-refractivity contribution in [3.8, 4) is 0 Å². The Morgan fingerprint density at radius 3 is 2.60 bits per heavy atom. The molecule has 0 saturated heterocycles. The molecule has 0 spiro atoms. The van der Waals surface area contributed by atoms with E-state index in [9.17, 15) is 9.59 Å². The third-order valence-corrected chi connectivity index (χ3v) is 4.33. The third-order valence-electron chi connectivity index (χ3n) is 3.34. The molecule has 1 amide bonds. The Bertz CT molecular complexity index is 741. The lowest BCUT2D eigenvalue weighted by Gasteiger charge is -2.17. The molecule has 0 unspecified atom stereocenters. The van der Waals surface area contributed by atoms with Gasteiger partial charge in [0.2, 0.25) is 0 Å². The summed E-state index contributed by atoms with van der Waals surface area (Å²) in [7, 11) is 0. The molecule has 0 saturated carbocycles. The molecule has 1 aromatic heterocycles. The molecule has 0 bridgehead atoms. The van der Waals surface area contributed by atoms with E-state index in [-0.39, 0.29) is 6.54 Å². The van der Waals surface area contributed by atoms with Gasteiger partial charge >= 0.3 is 0 Å². The Hall–Kier alpha value is -1.79. The van der Waals surface area contributed by atoms with Crippen LogP contribution in [0.1, 0.15) is 27.2 Å². The predicted molar refractivity (Wildman–Crippen MR) is 76.4 cm³/mol. The van der Waals surface area contributed by atoms with E-state index >= 15 is 0 Å². The van der Waals surface area contributed by atoms with Crippen LogP contribution in [0.2, 0.25) is 4.34 Å². The van der Waals surface area contributed by atoms with Gasteiger partial charge in [-0.15, -0.1) is 5.10 Å². The van der Waals surface area contributed by atoms with Gasteiger partial charge in [0, 0.05) is 11.5 Å². The van der Waals surface area contributed by atoms with Gasteiger partial charge < -0.3 is 0 Å². The monoisotopic (exact) mass is 307 g/mol. The van der Waals surface area contributed by atoms with Crippen molar-refractivity contribution >= 4 is 40.5 Å². The number of hydrogen-bond donors (Lipinski definition) is 0. The number of halogens is 1. The van der Waals surface area contributed by atoms with Crippen molar-refractivity contribution in [2.75, 3.05) is 4.90 Å². The van der Waals surface area contributed by atoms with Crippen molar-refractivity contribution < 1.29 is 9.59 Å². The number of benzene rings is 1. The van der Waals surface area contributed by atoms with Gasteiger partial charge in [-0.1, -0.05) is 28.2 Å². The highest BCUT2D eigenvalue weighted by atomic mass is 35.5. The zero-order chi connectivity index (χ0) is 14.4. The summed E-state index contributed by atoms with van der Waals surface area (Å²) >= 11 is 7.03. The summed E-state index contributed by atoms with van der Waals surface area (Å²) in [4.78, 5) is 25.8. The highest BCUT2D eigenvalue weighted by Gasteiger charge is 2.38. The second-order valence-electron chi connectivity index (χ2n) is 4.64. The SMILES string of the molecule is Cc1ccc(C)c2c1C(=O)C(=O)N2Cc1nnsc1Cl. The lowest BCUT2D eigenvalue weighted by Crippen LogP contribution is -2.29. The fraction of sp³-hybridized carbons (Fsp3) is 0.231. The summed E-state index contributed by atoms with van der Waals surface area (Å²) < 4.78 is 4.17. The Kier molecular flexibility index (Phi) is 3.07. The number of ketones is 1. The van der Waals surface area contributed by atoms with Crippen molar-refractivity contribution in [1.82, 2.24) is 9.59 Å². The van der Waals surface area contributed by atoms with E-state index in [1.807, 2.05) is 26.0 Å². The zero-order valence-corrected chi connectivity index (χ0v) is 12.4. The zero-order valence-electron chi connectivity index (χ0n) is 10.8. The number of hydrogen-bond acceptors (Lipinski definition) is 5. The third kappa shape index (κ3) is 1.83. The van der Waals surface area contributed by atoms with Crippen molar-refractivity contribution in [2.24, 2.45) is 0 Å². The summed E-state index contributed by atoms with van der Waals surface area (Å²) in [5.41, 5.74) is 3.32. The standard InChI is InChI=1S/C13H10ClN3O2S/c1-6-3-4-7(2)10-9(6)11(18)13(19)17(10)5-8-12(14)20-16-15-8/h3-4H,5H2,1-2H3. The van der Waals surface area contributed by atoms with E-state index in [2.05, 4.69) is 9.59 Å². The first-order valence-corrected chi connectivity index (χ1v) is 7.09. The van der Waals surface area contributed by atoms with Crippen molar-refractivity contribution in [3.05, 3.63) is 38.9 Å². The van der Waals surface area contributed by atoms with Crippen LogP contribution in [0.5, 0.6) is 0 Å². The van der Waals surface area contributed by atoms with E-state index in [1.165, 1.54) is 4.90 Å². The van der Waals surface area contributed by atoms with Crippen LogP contribution in [0.3, 0.4) is 0 Å². The highest BCUT2D eigenvalue weighted by molar-refractivity contribution is 7.10. The molecule has 0 N–H and O–H groups in total. The molecule has 2 heterocycles. The molecule has 20 heavy (non-hydrogen) atoms. The van der Waals surface area contributed by atoms with Gasteiger partial charge in [-0.05, 0) is 25.0 Å². The Morgan fingerprint density at radius 1 is 1.25 bits per heavy atom. The fourth-order valence-corrected chi connectivity index (χ4v) is 2.97. The van der Waals surface area contributed by atoms with E-state index < -0.39 is 11.7 Å². The minimum absolute atomic E-state index is 0.164. The van der Waals surface area contributed by atoms with Crippen molar-refractivity contribution in [2.45, 2.75) is 20.4 Å². The molecule has 0 radical (unpaired) electrons. The average Bonchev–Trinajstić information content (AvgIpc) is 2.92. The number of carbonyl (C=O) groups excluding carboxylic acids is 2. The van der Waals surface area contributed by atoms with Crippen LogP contribution in [-0.4, -0.2) is 21.3 Å². The number of aryl methyl sites for hydroxylation is 2. The van der Waals surface area contributed by atoms with Crippen LogP contribution in [0.4, 0.5) is 5.69 Å². The quantitative estimate of drug-likeness (QED) is 0.800. The van der Waals surface area contributed by atoms with E-state index in [0.717, 1.165) is 22.7 Å². The van der Waals surface area contributed by atoms with Crippen LogP contribution in [-0.2, 0) is 11.3 Å². The van der Waals surface area contributed by atoms with Gasteiger partial charge in [0.15, 0.2) is 0 Å². The van der Waals surface area contributed by atoms with Crippen molar-refractivity contribution in [3.63, 3.8) is 0 Å². The van der Waals surface area contributed by atoms with E-state index in [4.69, 9.17) is 11.6 Å². The van der Waals surface area contributed by atoms with Crippen LogP contribution in [0.15, 0.2) is 12.1 Å². The molecule has 1 aliphatic rings. The summed E-state index contributed by atoms with van der Waals surface area (Å²) in [6.07, 6.45) is 0. The van der Waals surface area contributed by atoms with Gasteiger partial charge in [0.25, 0.3) is 11.7 Å². The summed E-state index contributed by atoms with van der Waals surface area (Å²) in [5, 5.41) is 3.90. The van der Waals surface area contributed by atoms with E-state index in [1.54, 1.807) is 0 Å². The Labute approximate surface area is 124 Å². The van der Waals surface area contributed by atoms with Gasteiger partial charge in [-0.3, -0.25) is 14.5 Å². The smallest absolute Gasteiger partial charge is 0.298 e. The first kappa shape index (κ1) is 13.2. The highest BCUT2D eigenvalue weighted by Crippen LogP contribution is 2.36. The number of fused-ring (bicyclic) bond motifs is 1. The number of carbonyl (C=O) groups is 2. The maximum absolute atomic E-state index is 12.2. The lowest BCUT2D eigenvalue weighted by molar-refractivity contribution is -0.114. The number of nitrogens with zero attached hydrogens (tertiary/aromatic N) is 3. The van der Waals surface area contributed by atoms with Crippen LogP contribution in [0, 0.1) is 13.8 Å². The lowest BCUT2D eigenvalue weighted by atomic mass is 10.0. The number of Topliss-reactive ketones (excluding diaryl/α,β-unsaturated/α-hetero) is 1. The Morgan fingerprint density at radius 2 is 1.95 bits per heavy atom. The van der Waals surface area contributed by atoms with Crippen LogP contribution in [0.25, 0.3) is 0 Å².